The van der Waals surface area contributed by atoms with Crippen molar-refractivity contribution in [2.45, 2.75) is 207 Å². The van der Waals surface area contributed by atoms with Crippen molar-refractivity contribution in [1.29, 1.82) is 0 Å². The second-order valence-corrected chi connectivity index (χ2v) is 15.9. The van der Waals surface area contributed by atoms with Gasteiger partial charge in [0.15, 0.2) is 6.10 Å². The normalized spacial score (nSPS) is 13.3. The number of ether oxygens (including phenoxy) is 3. The summed E-state index contributed by atoms with van der Waals surface area (Å²) in [4.78, 5) is 25.3. The standard InChI is InChI=1S/C57H92O5/c1-4-7-10-13-16-19-22-25-27-29-30-33-35-38-41-44-47-50-56(58)61-54-55(62-57(59)51-48-45-42-39-36-32-24-21-18-15-12-9-6-3)53-60-52-49-46-43-40-37-34-31-28-26-23-20-17-14-11-8-5-2/h7,9-10,12,16-21,25-28,30,32-33,36,42,45,55H,4-6,8,11,13-15,22-24,29,31,34-35,37-41,43-44,46-54H2,1-3H3/b10-7-,12-9-,19-16-,20-17-,21-18-,27-25-,28-26-,33-30-,36-32-,45-42-. The number of esters is 2. The number of hydrogen-bond donors (Lipinski definition) is 0. The van der Waals surface area contributed by atoms with E-state index in [2.05, 4.69) is 136 Å². The van der Waals surface area contributed by atoms with Gasteiger partial charge in [0.05, 0.1) is 6.61 Å². The molecule has 0 saturated heterocycles. The van der Waals surface area contributed by atoms with Gasteiger partial charge in [-0.1, -0.05) is 194 Å². The molecule has 1 unspecified atom stereocenters. The number of unbranched alkanes of at least 4 members (excludes halogenated alkanes) is 13. The van der Waals surface area contributed by atoms with Crippen LogP contribution >= 0.6 is 0 Å². The molecule has 0 heterocycles. The van der Waals surface area contributed by atoms with E-state index in [0.717, 1.165) is 109 Å². The number of rotatable bonds is 44. The van der Waals surface area contributed by atoms with E-state index in [4.69, 9.17) is 14.2 Å². The predicted molar refractivity (Wildman–Crippen MR) is 269 cm³/mol. The summed E-state index contributed by atoms with van der Waals surface area (Å²) in [7, 11) is 0. The first-order chi connectivity index (χ1) is 30.6. The molecule has 0 aliphatic heterocycles. The summed E-state index contributed by atoms with van der Waals surface area (Å²) < 4.78 is 17.3. The van der Waals surface area contributed by atoms with Crippen LogP contribution < -0.4 is 0 Å². The van der Waals surface area contributed by atoms with Crippen LogP contribution in [-0.4, -0.2) is 37.9 Å². The largest absolute Gasteiger partial charge is 0.462 e. The van der Waals surface area contributed by atoms with Crippen molar-refractivity contribution in [1.82, 2.24) is 0 Å². The highest BCUT2D eigenvalue weighted by atomic mass is 16.6. The zero-order valence-corrected chi connectivity index (χ0v) is 40.1. The van der Waals surface area contributed by atoms with Gasteiger partial charge in [0.25, 0.3) is 0 Å². The molecule has 0 aromatic carbocycles. The zero-order chi connectivity index (χ0) is 44.9. The van der Waals surface area contributed by atoms with E-state index in [1.165, 1.54) is 51.4 Å². The average molecular weight is 857 g/mol. The third kappa shape index (κ3) is 49.0. The topological polar surface area (TPSA) is 61.8 Å². The summed E-state index contributed by atoms with van der Waals surface area (Å²) in [6.45, 7) is 7.43. The first-order valence-electron chi connectivity index (χ1n) is 25.1. The van der Waals surface area contributed by atoms with E-state index < -0.39 is 6.10 Å². The molecule has 0 amide bonds. The van der Waals surface area contributed by atoms with Crippen molar-refractivity contribution in [3.8, 4) is 0 Å². The molecular weight excluding hydrogens is 765 g/mol. The second kappa shape index (κ2) is 51.6. The molecule has 62 heavy (non-hydrogen) atoms. The highest BCUT2D eigenvalue weighted by Crippen LogP contribution is 2.11. The highest BCUT2D eigenvalue weighted by molar-refractivity contribution is 5.70. The molecule has 0 aliphatic carbocycles. The summed E-state index contributed by atoms with van der Waals surface area (Å²) in [5.41, 5.74) is 0. The van der Waals surface area contributed by atoms with Gasteiger partial charge in [-0.2, -0.15) is 0 Å². The number of carbonyl (C=O) groups excluding carboxylic acids is 2. The van der Waals surface area contributed by atoms with E-state index in [0.29, 0.717) is 19.4 Å². The minimum atomic E-state index is -0.598. The smallest absolute Gasteiger partial charge is 0.306 e. The van der Waals surface area contributed by atoms with Crippen molar-refractivity contribution in [3.05, 3.63) is 122 Å². The molecule has 0 rings (SSSR count). The number of allylic oxidation sites excluding steroid dienone is 20. The van der Waals surface area contributed by atoms with Crippen LogP contribution in [0.25, 0.3) is 0 Å². The van der Waals surface area contributed by atoms with E-state index >= 15 is 0 Å². The van der Waals surface area contributed by atoms with Gasteiger partial charge in [-0.25, -0.2) is 0 Å². The molecule has 0 radical (unpaired) electrons. The lowest BCUT2D eigenvalue weighted by molar-refractivity contribution is -0.162. The van der Waals surface area contributed by atoms with Gasteiger partial charge in [-0.15, -0.1) is 0 Å². The van der Waals surface area contributed by atoms with Crippen molar-refractivity contribution in [2.75, 3.05) is 19.8 Å². The van der Waals surface area contributed by atoms with Crippen LogP contribution in [0.2, 0.25) is 0 Å². The van der Waals surface area contributed by atoms with Crippen LogP contribution in [0, 0.1) is 0 Å². The minimum Gasteiger partial charge on any atom is -0.462 e. The van der Waals surface area contributed by atoms with Crippen LogP contribution in [-0.2, 0) is 23.8 Å². The highest BCUT2D eigenvalue weighted by Gasteiger charge is 2.17. The third-order valence-electron chi connectivity index (χ3n) is 9.98. The monoisotopic (exact) mass is 857 g/mol. The fourth-order valence-electron chi connectivity index (χ4n) is 6.31. The Morgan fingerprint density at radius 2 is 0.758 bits per heavy atom. The third-order valence-corrected chi connectivity index (χ3v) is 9.98. The Hall–Kier alpha value is -3.70. The van der Waals surface area contributed by atoms with Gasteiger partial charge in [0.1, 0.15) is 6.61 Å². The summed E-state index contributed by atoms with van der Waals surface area (Å²) >= 11 is 0. The van der Waals surface area contributed by atoms with E-state index in [1.807, 2.05) is 6.08 Å². The number of carbonyl (C=O) groups is 2. The molecule has 0 aromatic heterocycles. The fourth-order valence-corrected chi connectivity index (χ4v) is 6.31. The molecular formula is C57H92O5. The summed E-state index contributed by atoms with van der Waals surface area (Å²) in [6, 6.07) is 0. The van der Waals surface area contributed by atoms with Crippen LogP contribution in [0.15, 0.2) is 122 Å². The molecule has 0 aliphatic rings. The van der Waals surface area contributed by atoms with Gasteiger partial charge in [-0.3, -0.25) is 9.59 Å². The van der Waals surface area contributed by atoms with Crippen LogP contribution in [0.3, 0.4) is 0 Å². The molecule has 0 aromatic rings. The van der Waals surface area contributed by atoms with E-state index in [9.17, 15) is 9.59 Å². The molecule has 5 nitrogen and oxygen atoms in total. The zero-order valence-electron chi connectivity index (χ0n) is 40.1. The SMILES string of the molecule is CC/C=C\C/C=C\C/C=C\C/C=C\CCCCCCC(=O)OCC(COCCCCCCCC/C=C\C/C=C\CCCCC)OC(=O)CC/C=C\C/C=C\C/C=C\C/C=C\CC. The Balaban J connectivity index is 4.43. The lowest BCUT2D eigenvalue weighted by Gasteiger charge is -2.18. The molecule has 0 N–H and O–H groups in total. The van der Waals surface area contributed by atoms with Crippen molar-refractivity contribution in [3.63, 3.8) is 0 Å². The van der Waals surface area contributed by atoms with Crippen LogP contribution in [0.4, 0.5) is 0 Å². The predicted octanol–water partition coefficient (Wildman–Crippen LogP) is 17.0. The van der Waals surface area contributed by atoms with E-state index in [-0.39, 0.29) is 31.6 Å². The maximum Gasteiger partial charge on any atom is 0.306 e. The molecule has 5 heteroatoms. The quantitative estimate of drug-likeness (QED) is 0.0347. The Morgan fingerprint density at radius 1 is 0.371 bits per heavy atom. The molecule has 350 valence electrons. The maximum atomic E-state index is 12.7. The minimum absolute atomic E-state index is 0.0318. The molecule has 0 spiro atoms. The maximum absolute atomic E-state index is 12.7. The Labute approximate surface area is 382 Å². The van der Waals surface area contributed by atoms with Gasteiger partial charge in [0, 0.05) is 19.4 Å². The Bertz CT molecular complexity index is 1290. The first kappa shape index (κ1) is 58.3. The van der Waals surface area contributed by atoms with E-state index in [1.54, 1.807) is 0 Å². The average Bonchev–Trinajstić information content (AvgIpc) is 3.27. The lowest BCUT2D eigenvalue weighted by atomic mass is 10.1. The van der Waals surface area contributed by atoms with Crippen LogP contribution in [0.5, 0.6) is 0 Å². The van der Waals surface area contributed by atoms with Crippen molar-refractivity contribution in [2.24, 2.45) is 0 Å². The summed E-state index contributed by atoms with van der Waals surface area (Å²) in [5, 5.41) is 0. The van der Waals surface area contributed by atoms with Gasteiger partial charge in [0.2, 0.25) is 0 Å². The molecule has 0 bridgehead atoms. The summed E-state index contributed by atoms with van der Waals surface area (Å²) in [6.07, 6.45) is 72.2. The molecule has 0 saturated carbocycles. The fraction of sp³-hybridized carbons (Fsp3) is 0.614. The summed E-state index contributed by atoms with van der Waals surface area (Å²) in [5.74, 6) is -0.533. The lowest BCUT2D eigenvalue weighted by Crippen LogP contribution is -2.30. The van der Waals surface area contributed by atoms with Crippen molar-refractivity contribution < 1.29 is 23.8 Å². The number of hydrogen-bond acceptors (Lipinski definition) is 5. The van der Waals surface area contributed by atoms with Gasteiger partial charge >= 0.3 is 11.9 Å². The van der Waals surface area contributed by atoms with Crippen LogP contribution in [0.1, 0.15) is 201 Å². The second-order valence-electron chi connectivity index (χ2n) is 15.9. The molecule has 1 atom stereocenters. The Kier molecular flexibility index (Phi) is 48.6. The Morgan fingerprint density at radius 3 is 1.23 bits per heavy atom. The molecule has 0 fully saturated rings. The van der Waals surface area contributed by atoms with Gasteiger partial charge in [-0.05, 0) is 116 Å². The first-order valence-corrected chi connectivity index (χ1v) is 25.1. The van der Waals surface area contributed by atoms with Crippen molar-refractivity contribution >= 4 is 11.9 Å². The van der Waals surface area contributed by atoms with Gasteiger partial charge < -0.3 is 14.2 Å².